The van der Waals surface area contributed by atoms with Crippen LogP contribution in [0.1, 0.15) is 0 Å². The molecule has 0 spiro atoms. The van der Waals surface area contributed by atoms with Crippen LogP contribution in [0.3, 0.4) is 0 Å². The van der Waals surface area contributed by atoms with Crippen molar-refractivity contribution in [3.05, 3.63) is 84.9 Å². The second kappa shape index (κ2) is 7.64. The Morgan fingerprint density at radius 2 is 0.818 bits per heavy atom. The lowest BCUT2D eigenvalue weighted by molar-refractivity contribution is -0.415. The highest BCUT2D eigenvalue weighted by Gasteiger charge is 2.05. The second-order valence-corrected chi connectivity index (χ2v) is 4.53. The SMILES string of the molecule is O=C([O-])[O-].c1ccc(-c2ccccc2-c2ccccc2)cc1. The molecule has 0 aromatic heterocycles. The van der Waals surface area contributed by atoms with Crippen molar-refractivity contribution < 1.29 is 15.0 Å². The van der Waals surface area contributed by atoms with Crippen LogP contribution in [-0.2, 0) is 0 Å². The number of benzene rings is 3. The first-order valence-electron chi connectivity index (χ1n) is 6.76. The van der Waals surface area contributed by atoms with E-state index in [1.807, 2.05) is 0 Å². The molecule has 0 saturated heterocycles. The topological polar surface area (TPSA) is 63.2 Å². The Labute approximate surface area is 129 Å². The maximum absolute atomic E-state index is 8.33. The first-order valence-corrected chi connectivity index (χ1v) is 6.76. The molecule has 0 atom stereocenters. The van der Waals surface area contributed by atoms with Gasteiger partial charge in [0.2, 0.25) is 0 Å². The van der Waals surface area contributed by atoms with E-state index in [4.69, 9.17) is 15.0 Å². The first kappa shape index (κ1) is 15.3. The predicted octanol–water partition coefficient (Wildman–Crippen LogP) is 2.57. The first-order chi connectivity index (χ1) is 10.7. The lowest BCUT2D eigenvalue weighted by Crippen LogP contribution is -2.37. The van der Waals surface area contributed by atoms with Crippen LogP contribution in [0.2, 0.25) is 0 Å². The van der Waals surface area contributed by atoms with Crippen molar-refractivity contribution >= 4 is 6.16 Å². The third-order valence-electron chi connectivity index (χ3n) is 3.10. The molecular formula is C19H14O3-2. The fraction of sp³-hybridized carbons (Fsp3) is 0. The van der Waals surface area contributed by atoms with Crippen LogP contribution in [0.5, 0.6) is 0 Å². The summed E-state index contributed by atoms with van der Waals surface area (Å²) in [6.07, 6.45) is -2.33. The van der Waals surface area contributed by atoms with E-state index in [-0.39, 0.29) is 0 Å². The summed E-state index contributed by atoms with van der Waals surface area (Å²) in [6, 6.07) is 29.6. The number of hydrogen-bond donors (Lipinski definition) is 0. The van der Waals surface area contributed by atoms with Crippen molar-refractivity contribution in [1.29, 1.82) is 0 Å². The van der Waals surface area contributed by atoms with E-state index in [2.05, 4.69) is 84.9 Å². The minimum atomic E-state index is -2.33. The average molecular weight is 290 g/mol. The average Bonchev–Trinajstić information content (AvgIpc) is 2.56. The number of carbonyl (C=O) groups excluding carboxylic acids is 1. The molecule has 0 N–H and O–H groups in total. The molecule has 3 nitrogen and oxygen atoms in total. The van der Waals surface area contributed by atoms with Crippen molar-refractivity contribution in [2.24, 2.45) is 0 Å². The van der Waals surface area contributed by atoms with Crippen LogP contribution in [0.15, 0.2) is 84.9 Å². The van der Waals surface area contributed by atoms with Crippen LogP contribution in [0.25, 0.3) is 22.3 Å². The van der Waals surface area contributed by atoms with E-state index in [1.165, 1.54) is 22.3 Å². The molecule has 0 unspecified atom stereocenters. The van der Waals surface area contributed by atoms with Gasteiger partial charge in [-0.05, 0) is 28.4 Å². The van der Waals surface area contributed by atoms with Crippen molar-refractivity contribution in [2.75, 3.05) is 0 Å². The molecule has 0 heterocycles. The fourth-order valence-electron chi connectivity index (χ4n) is 2.22. The van der Waals surface area contributed by atoms with Crippen LogP contribution in [-0.4, -0.2) is 6.16 Å². The highest BCUT2D eigenvalue weighted by atomic mass is 16.6. The number of carbonyl (C=O) groups is 1. The molecule has 3 rings (SSSR count). The van der Waals surface area contributed by atoms with Crippen LogP contribution in [0.4, 0.5) is 4.79 Å². The van der Waals surface area contributed by atoms with Crippen LogP contribution in [0, 0.1) is 0 Å². The van der Waals surface area contributed by atoms with Gasteiger partial charge in [-0.1, -0.05) is 84.9 Å². The molecule has 22 heavy (non-hydrogen) atoms. The summed E-state index contributed by atoms with van der Waals surface area (Å²) >= 11 is 0. The smallest absolute Gasteiger partial charge is 0.0105 e. The molecule has 0 aliphatic rings. The summed E-state index contributed by atoms with van der Waals surface area (Å²) in [4.78, 5) is 8.33. The van der Waals surface area contributed by atoms with Gasteiger partial charge in [0.1, 0.15) is 0 Å². The number of carboxylic acid groups (broad SMARTS) is 2. The molecule has 3 aromatic rings. The van der Waals surface area contributed by atoms with Gasteiger partial charge in [-0.3, -0.25) is 0 Å². The normalized spacial score (nSPS) is 9.45. The quantitative estimate of drug-likeness (QED) is 0.728. The molecule has 0 amide bonds. The Kier molecular flexibility index (Phi) is 5.32. The van der Waals surface area contributed by atoms with Gasteiger partial charge in [0.05, 0.1) is 0 Å². The van der Waals surface area contributed by atoms with Gasteiger partial charge in [-0.15, -0.1) is 0 Å². The molecule has 110 valence electrons. The van der Waals surface area contributed by atoms with E-state index < -0.39 is 6.16 Å². The molecule has 3 aromatic carbocycles. The Morgan fingerprint density at radius 3 is 1.14 bits per heavy atom. The van der Waals surface area contributed by atoms with E-state index in [0.29, 0.717) is 0 Å². The highest BCUT2D eigenvalue weighted by molar-refractivity contribution is 5.83. The number of rotatable bonds is 2. The van der Waals surface area contributed by atoms with Crippen molar-refractivity contribution in [2.45, 2.75) is 0 Å². The van der Waals surface area contributed by atoms with Crippen LogP contribution < -0.4 is 10.2 Å². The van der Waals surface area contributed by atoms with E-state index in [1.54, 1.807) is 0 Å². The summed E-state index contributed by atoms with van der Waals surface area (Å²) in [5.41, 5.74) is 5.09. The van der Waals surface area contributed by atoms with Gasteiger partial charge in [0.25, 0.3) is 0 Å². The van der Waals surface area contributed by atoms with Crippen molar-refractivity contribution in [3.8, 4) is 22.3 Å². The van der Waals surface area contributed by atoms with Gasteiger partial charge in [0, 0.05) is 0 Å². The Morgan fingerprint density at radius 1 is 0.545 bits per heavy atom. The third-order valence-corrected chi connectivity index (χ3v) is 3.10. The summed E-state index contributed by atoms with van der Waals surface area (Å²) in [6.45, 7) is 0. The molecule has 0 bridgehead atoms. The molecule has 3 heteroatoms. The Hall–Kier alpha value is -3.07. The zero-order valence-corrected chi connectivity index (χ0v) is 11.8. The fourth-order valence-corrected chi connectivity index (χ4v) is 2.22. The predicted molar refractivity (Wildman–Crippen MR) is 82.7 cm³/mol. The molecule has 0 radical (unpaired) electrons. The maximum Gasteiger partial charge on any atom is -0.0105 e. The van der Waals surface area contributed by atoms with Gasteiger partial charge < -0.3 is 15.0 Å². The highest BCUT2D eigenvalue weighted by Crippen LogP contribution is 2.31. The summed E-state index contributed by atoms with van der Waals surface area (Å²) in [5.74, 6) is 0. The van der Waals surface area contributed by atoms with Gasteiger partial charge >= 0.3 is 0 Å². The molecule has 0 aliphatic heterocycles. The summed E-state index contributed by atoms with van der Waals surface area (Å²) in [7, 11) is 0. The summed E-state index contributed by atoms with van der Waals surface area (Å²) in [5, 5.41) is 16.7. The Bertz CT molecular complexity index is 659. The molecule has 0 aliphatic carbocycles. The van der Waals surface area contributed by atoms with Gasteiger partial charge in [-0.25, -0.2) is 0 Å². The lowest BCUT2D eigenvalue weighted by Gasteiger charge is -2.09. The molecule has 0 saturated carbocycles. The van der Waals surface area contributed by atoms with Crippen molar-refractivity contribution in [1.82, 2.24) is 0 Å². The molecular weight excluding hydrogens is 276 g/mol. The monoisotopic (exact) mass is 290 g/mol. The number of hydrogen-bond acceptors (Lipinski definition) is 3. The Balaban J connectivity index is 0.000000396. The van der Waals surface area contributed by atoms with Crippen LogP contribution >= 0.6 is 0 Å². The minimum absolute atomic E-state index is 1.26. The van der Waals surface area contributed by atoms with Gasteiger partial charge in [-0.2, -0.15) is 0 Å². The van der Waals surface area contributed by atoms with E-state index >= 15 is 0 Å². The summed E-state index contributed by atoms with van der Waals surface area (Å²) < 4.78 is 0. The largest absolute Gasteiger partial charge is 0.652 e. The second-order valence-electron chi connectivity index (χ2n) is 4.53. The lowest BCUT2D eigenvalue weighted by atomic mass is 9.95. The third kappa shape index (κ3) is 4.21. The molecule has 0 fully saturated rings. The van der Waals surface area contributed by atoms with E-state index in [9.17, 15) is 0 Å². The zero-order valence-electron chi connectivity index (χ0n) is 11.8. The maximum atomic E-state index is 8.33. The minimum Gasteiger partial charge on any atom is -0.652 e. The standard InChI is InChI=1S/C18H14.CH2O3/c1-3-9-15(10-4-1)17-13-7-8-14-18(17)16-11-5-2-6-12-16;2-1(3)4/h1-14H;(H2,2,3,4)/p-2. The zero-order chi connectivity index (χ0) is 15.8. The van der Waals surface area contributed by atoms with Crippen molar-refractivity contribution in [3.63, 3.8) is 0 Å². The van der Waals surface area contributed by atoms with E-state index in [0.717, 1.165) is 0 Å². The van der Waals surface area contributed by atoms with Gasteiger partial charge in [0.15, 0.2) is 0 Å².